The number of aliphatic hydroxyl groups is 1. The Bertz CT molecular complexity index is 809. The fourth-order valence-corrected chi connectivity index (χ4v) is 2.78. The van der Waals surface area contributed by atoms with Crippen molar-refractivity contribution in [2.24, 2.45) is 5.73 Å². The molecule has 0 aliphatic rings. The Morgan fingerprint density at radius 2 is 1.77 bits per heavy atom. The summed E-state index contributed by atoms with van der Waals surface area (Å²) in [7, 11) is 0. The van der Waals surface area contributed by atoms with Crippen molar-refractivity contribution in [3.8, 4) is 5.75 Å². The number of aryl methyl sites for hydroxylation is 1. The van der Waals surface area contributed by atoms with Crippen LogP contribution >= 0.6 is 11.3 Å². The van der Waals surface area contributed by atoms with E-state index in [0.29, 0.717) is 12.3 Å². The van der Waals surface area contributed by atoms with Crippen LogP contribution in [0.2, 0.25) is 0 Å². The largest absolute Gasteiger partial charge is 0.494 e. The van der Waals surface area contributed by atoms with Crippen molar-refractivity contribution in [2.75, 3.05) is 18.5 Å². The smallest absolute Gasteiger partial charge is 0.490 e. The minimum absolute atomic E-state index is 0.411. The van der Waals surface area contributed by atoms with Gasteiger partial charge in [0.1, 0.15) is 11.3 Å². The number of amides is 1. The number of aliphatic carboxylic acids is 1. The minimum atomic E-state index is -5.08. The molecule has 5 N–H and O–H groups in total. The molecule has 1 amide bonds. The van der Waals surface area contributed by atoms with Gasteiger partial charge in [-0.05, 0) is 61.9 Å². The standard InChI is InChI=1S/C18H24N2O3S.C2HF3O2/c1-18(19,13-21)17(22)20-14-7-9-15(10-8-14)23-11-3-2-5-16-6-4-12-24-16;3-2(4,5)1(6)7/h4,6-10,12,21H,2-3,5,11,13,19H2,1H3,(H,20,22);(H,6,7)/t18-;/m0./s1. The van der Waals surface area contributed by atoms with E-state index < -0.39 is 30.2 Å². The number of halogens is 3. The second-order valence-corrected chi connectivity index (χ2v) is 7.77. The zero-order chi connectivity index (χ0) is 23.5. The first kappa shape index (κ1) is 26.4. The molecule has 31 heavy (non-hydrogen) atoms. The number of unbranched alkanes of at least 4 members (excludes halogenated alkanes) is 1. The third-order valence-corrected chi connectivity index (χ3v) is 4.80. The van der Waals surface area contributed by atoms with Crippen LogP contribution in [0.5, 0.6) is 5.75 Å². The number of benzene rings is 1. The highest BCUT2D eigenvalue weighted by molar-refractivity contribution is 7.09. The molecular formula is C20H25F3N2O5S. The molecule has 0 fully saturated rings. The molecular weight excluding hydrogens is 437 g/mol. The van der Waals surface area contributed by atoms with E-state index in [1.54, 1.807) is 23.5 Å². The lowest BCUT2D eigenvalue weighted by atomic mass is 10.0. The number of aliphatic hydroxyl groups excluding tert-OH is 1. The molecule has 0 aliphatic heterocycles. The lowest BCUT2D eigenvalue weighted by Gasteiger charge is -2.20. The van der Waals surface area contributed by atoms with E-state index in [-0.39, 0.29) is 0 Å². The fourth-order valence-electron chi connectivity index (χ4n) is 2.03. The Hall–Kier alpha value is -2.63. The molecule has 2 aromatic rings. The van der Waals surface area contributed by atoms with Crippen molar-refractivity contribution in [2.45, 2.75) is 37.9 Å². The number of nitrogens with one attached hydrogen (secondary N) is 1. The predicted octanol–water partition coefficient (Wildman–Crippen LogP) is 3.43. The normalized spacial score (nSPS) is 12.8. The van der Waals surface area contributed by atoms with Crippen LogP contribution < -0.4 is 15.8 Å². The van der Waals surface area contributed by atoms with E-state index >= 15 is 0 Å². The molecule has 1 aromatic heterocycles. The number of nitrogens with two attached hydrogens (primary N) is 1. The highest BCUT2D eigenvalue weighted by atomic mass is 32.1. The van der Waals surface area contributed by atoms with Gasteiger partial charge in [0, 0.05) is 10.6 Å². The van der Waals surface area contributed by atoms with Crippen molar-refractivity contribution in [3.05, 3.63) is 46.7 Å². The molecule has 1 atom stereocenters. The summed E-state index contributed by atoms with van der Waals surface area (Å²) in [4.78, 5) is 22.2. The monoisotopic (exact) mass is 462 g/mol. The second kappa shape index (κ2) is 12.3. The Morgan fingerprint density at radius 1 is 1.16 bits per heavy atom. The molecule has 2 rings (SSSR count). The summed E-state index contributed by atoms with van der Waals surface area (Å²) in [6.45, 7) is 1.74. The van der Waals surface area contributed by atoms with Gasteiger partial charge in [-0.15, -0.1) is 11.3 Å². The summed E-state index contributed by atoms with van der Waals surface area (Å²) < 4.78 is 37.4. The van der Waals surface area contributed by atoms with Crippen molar-refractivity contribution in [3.63, 3.8) is 0 Å². The van der Waals surface area contributed by atoms with Crippen LogP contribution in [0, 0.1) is 0 Å². The predicted molar refractivity (Wildman–Crippen MR) is 111 cm³/mol. The molecule has 7 nitrogen and oxygen atoms in total. The van der Waals surface area contributed by atoms with Crippen LogP contribution in [0.4, 0.5) is 18.9 Å². The summed E-state index contributed by atoms with van der Waals surface area (Å²) in [5.74, 6) is -2.42. The zero-order valence-electron chi connectivity index (χ0n) is 16.8. The molecule has 0 saturated carbocycles. The summed E-state index contributed by atoms with van der Waals surface area (Å²) in [5, 5.41) is 21.0. The lowest BCUT2D eigenvalue weighted by molar-refractivity contribution is -0.192. The van der Waals surface area contributed by atoms with E-state index in [0.717, 1.165) is 25.0 Å². The van der Waals surface area contributed by atoms with Crippen LogP contribution in [-0.2, 0) is 16.0 Å². The number of rotatable bonds is 9. The van der Waals surface area contributed by atoms with E-state index in [9.17, 15) is 18.0 Å². The van der Waals surface area contributed by atoms with Gasteiger partial charge in [-0.3, -0.25) is 4.79 Å². The van der Waals surface area contributed by atoms with Gasteiger partial charge >= 0.3 is 12.1 Å². The van der Waals surface area contributed by atoms with Gasteiger partial charge < -0.3 is 26.0 Å². The lowest BCUT2D eigenvalue weighted by Crippen LogP contribution is -2.51. The topological polar surface area (TPSA) is 122 Å². The highest BCUT2D eigenvalue weighted by Crippen LogP contribution is 2.18. The van der Waals surface area contributed by atoms with Crippen LogP contribution in [0.25, 0.3) is 0 Å². The first-order valence-electron chi connectivity index (χ1n) is 9.22. The van der Waals surface area contributed by atoms with Crippen LogP contribution in [0.1, 0.15) is 24.6 Å². The number of ether oxygens (including phenoxy) is 1. The van der Waals surface area contributed by atoms with E-state index in [1.165, 1.54) is 11.8 Å². The summed E-state index contributed by atoms with van der Waals surface area (Å²) in [6.07, 6.45) is -1.89. The Labute approximate surface area is 181 Å². The minimum Gasteiger partial charge on any atom is -0.494 e. The Kier molecular flexibility index (Phi) is 10.5. The van der Waals surface area contributed by atoms with Crippen LogP contribution in [0.15, 0.2) is 41.8 Å². The number of hydrogen-bond acceptors (Lipinski definition) is 6. The van der Waals surface area contributed by atoms with Crippen molar-refractivity contribution < 1.29 is 37.7 Å². The maximum atomic E-state index is 11.9. The Morgan fingerprint density at radius 3 is 2.26 bits per heavy atom. The van der Waals surface area contributed by atoms with Gasteiger partial charge in [0.25, 0.3) is 0 Å². The maximum Gasteiger partial charge on any atom is 0.490 e. The van der Waals surface area contributed by atoms with Gasteiger partial charge in [-0.1, -0.05) is 6.07 Å². The second-order valence-electron chi connectivity index (χ2n) is 6.74. The molecule has 0 aliphatic carbocycles. The van der Waals surface area contributed by atoms with Crippen molar-refractivity contribution in [1.82, 2.24) is 0 Å². The van der Waals surface area contributed by atoms with E-state index in [2.05, 4.69) is 22.8 Å². The SMILES string of the molecule is C[C@](N)(CO)C(=O)Nc1ccc(OCCCCc2cccs2)cc1.O=C(O)C(F)(F)F. The first-order chi connectivity index (χ1) is 14.5. The van der Waals surface area contributed by atoms with Crippen LogP contribution in [0.3, 0.4) is 0 Å². The van der Waals surface area contributed by atoms with E-state index in [1.807, 2.05) is 12.1 Å². The third-order valence-electron chi connectivity index (χ3n) is 3.87. The first-order valence-corrected chi connectivity index (χ1v) is 10.1. The fraction of sp³-hybridized carbons (Fsp3) is 0.400. The van der Waals surface area contributed by atoms with Gasteiger partial charge in [-0.25, -0.2) is 4.79 Å². The number of carboxylic acid groups (broad SMARTS) is 1. The van der Waals surface area contributed by atoms with Gasteiger partial charge in [0.2, 0.25) is 5.91 Å². The van der Waals surface area contributed by atoms with E-state index in [4.69, 9.17) is 25.5 Å². The number of thiophene rings is 1. The van der Waals surface area contributed by atoms with Crippen molar-refractivity contribution in [1.29, 1.82) is 0 Å². The highest BCUT2D eigenvalue weighted by Gasteiger charge is 2.38. The quantitative estimate of drug-likeness (QED) is 0.424. The summed E-state index contributed by atoms with van der Waals surface area (Å²) in [6, 6.07) is 11.4. The number of hydrogen-bond donors (Lipinski definition) is 4. The molecule has 172 valence electrons. The third kappa shape index (κ3) is 10.3. The average Bonchev–Trinajstić information content (AvgIpc) is 3.22. The molecule has 0 radical (unpaired) electrons. The average molecular weight is 462 g/mol. The molecule has 0 saturated heterocycles. The van der Waals surface area contributed by atoms with Crippen molar-refractivity contribution >= 4 is 28.9 Å². The molecule has 11 heteroatoms. The summed E-state index contributed by atoms with van der Waals surface area (Å²) in [5.41, 5.74) is 5.01. The molecule has 0 unspecified atom stereocenters. The van der Waals surface area contributed by atoms with Gasteiger partial charge in [0.15, 0.2) is 0 Å². The van der Waals surface area contributed by atoms with Gasteiger partial charge in [0.05, 0.1) is 13.2 Å². The van der Waals surface area contributed by atoms with Gasteiger partial charge in [-0.2, -0.15) is 13.2 Å². The maximum absolute atomic E-state index is 11.9. The molecule has 0 spiro atoms. The molecule has 1 heterocycles. The number of alkyl halides is 3. The van der Waals surface area contributed by atoms with Crippen LogP contribution in [-0.4, -0.2) is 47.0 Å². The number of carbonyl (C=O) groups is 2. The number of carboxylic acids is 1. The molecule has 0 bridgehead atoms. The number of anilines is 1. The Balaban J connectivity index is 0.000000592. The zero-order valence-corrected chi connectivity index (χ0v) is 17.6. The number of carbonyl (C=O) groups excluding carboxylic acids is 1. The molecule has 1 aromatic carbocycles. The summed E-state index contributed by atoms with van der Waals surface area (Å²) >= 11 is 1.79.